The summed E-state index contributed by atoms with van der Waals surface area (Å²) in [7, 11) is 0. The first-order valence-corrected chi connectivity index (χ1v) is 7.27. The highest BCUT2D eigenvalue weighted by molar-refractivity contribution is 5.49. The largest absolute Gasteiger partial charge is 0.369 e. The normalized spacial score (nSPS) is 23.6. The van der Waals surface area contributed by atoms with Crippen molar-refractivity contribution < 1.29 is 0 Å². The fourth-order valence-electron chi connectivity index (χ4n) is 2.87. The van der Waals surface area contributed by atoms with Crippen LogP contribution in [-0.2, 0) is 6.54 Å². The van der Waals surface area contributed by atoms with Gasteiger partial charge in [0.25, 0.3) is 0 Å². The Morgan fingerprint density at radius 3 is 2.50 bits per heavy atom. The van der Waals surface area contributed by atoms with Gasteiger partial charge in [-0.25, -0.2) is 0 Å². The first-order chi connectivity index (χ1) is 8.70. The summed E-state index contributed by atoms with van der Waals surface area (Å²) in [4.78, 5) is 2.54. The molecular formula is C16H26N2. The maximum Gasteiger partial charge on any atom is 0.0368 e. The van der Waals surface area contributed by atoms with Crippen LogP contribution in [-0.4, -0.2) is 19.1 Å². The molecule has 100 valence electrons. The van der Waals surface area contributed by atoms with E-state index < -0.39 is 0 Å². The Bertz CT molecular complexity index is 358. The molecule has 1 N–H and O–H groups in total. The molecule has 0 saturated carbocycles. The molecule has 1 fully saturated rings. The van der Waals surface area contributed by atoms with E-state index in [0.717, 1.165) is 19.0 Å². The van der Waals surface area contributed by atoms with Crippen molar-refractivity contribution >= 4 is 5.69 Å². The molecule has 1 aliphatic heterocycles. The molecule has 1 heterocycles. The van der Waals surface area contributed by atoms with Gasteiger partial charge in [-0.05, 0) is 49.9 Å². The van der Waals surface area contributed by atoms with E-state index in [-0.39, 0.29) is 0 Å². The zero-order valence-electron chi connectivity index (χ0n) is 11.9. The zero-order chi connectivity index (χ0) is 13.0. The minimum Gasteiger partial charge on any atom is -0.369 e. The molecule has 0 aromatic heterocycles. The molecule has 2 atom stereocenters. The molecule has 0 amide bonds. The molecule has 0 aliphatic carbocycles. The number of rotatable bonds is 5. The summed E-state index contributed by atoms with van der Waals surface area (Å²) >= 11 is 0. The van der Waals surface area contributed by atoms with Crippen molar-refractivity contribution in [1.82, 2.24) is 5.32 Å². The SMILES string of the molecule is CCCNCc1ccc(N2CC(C)CC2C)cc1. The smallest absolute Gasteiger partial charge is 0.0368 e. The third-order valence-corrected chi connectivity index (χ3v) is 3.81. The van der Waals surface area contributed by atoms with Gasteiger partial charge in [-0.1, -0.05) is 26.0 Å². The fourth-order valence-corrected chi connectivity index (χ4v) is 2.87. The molecule has 1 aromatic carbocycles. The molecule has 2 nitrogen and oxygen atoms in total. The topological polar surface area (TPSA) is 15.3 Å². The predicted octanol–water partition coefficient (Wildman–Crippen LogP) is 3.42. The third kappa shape index (κ3) is 3.26. The van der Waals surface area contributed by atoms with E-state index in [0.29, 0.717) is 6.04 Å². The molecule has 2 rings (SSSR count). The monoisotopic (exact) mass is 246 g/mol. The summed E-state index contributed by atoms with van der Waals surface area (Å²) in [5, 5.41) is 3.44. The van der Waals surface area contributed by atoms with Crippen LogP contribution in [0.25, 0.3) is 0 Å². The van der Waals surface area contributed by atoms with Crippen LogP contribution in [0.4, 0.5) is 5.69 Å². The molecule has 1 saturated heterocycles. The molecule has 1 aliphatic rings. The highest BCUT2D eigenvalue weighted by Crippen LogP contribution is 2.28. The summed E-state index contributed by atoms with van der Waals surface area (Å²) < 4.78 is 0. The van der Waals surface area contributed by atoms with Gasteiger partial charge in [0.1, 0.15) is 0 Å². The van der Waals surface area contributed by atoms with Crippen LogP contribution in [0.3, 0.4) is 0 Å². The number of anilines is 1. The van der Waals surface area contributed by atoms with Gasteiger partial charge < -0.3 is 10.2 Å². The number of nitrogens with zero attached hydrogens (tertiary/aromatic N) is 1. The summed E-state index contributed by atoms with van der Waals surface area (Å²) in [6.07, 6.45) is 2.51. The summed E-state index contributed by atoms with van der Waals surface area (Å²) in [6, 6.07) is 9.75. The number of hydrogen-bond acceptors (Lipinski definition) is 2. The van der Waals surface area contributed by atoms with Gasteiger partial charge >= 0.3 is 0 Å². The molecule has 18 heavy (non-hydrogen) atoms. The zero-order valence-corrected chi connectivity index (χ0v) is 11.9. The average Bonchev–Trinajstić information content (AvgIpc) is 2.70. The Balaban J connectivity index is 1.95. The van der Waals surface area contributed by atoms with E-state index in [1.165, 1.54) is 30.6 Å². The van der Waals surface area contributed by atoms with Gasteiger partial charge in [0.2, 0.25) is 0 Å². The van der Waals surface area contributed by atoms with Gasteiger partial charge in [0.15, 0.2) is 0 Å². The van der Waals surface area contributed by atoms with Crippen molar-refractivity contribution in [3.05, 3.63) is 29.8 Å². The predicted molar refractivity (Wildman–Crippen MR) is 79.0 cm³/mol. The minimum atomic E-state index is 0.684. The Morgan fingerprint density at radius 2 is 1.94 bits per heavy atom. The quantitative estimate of drug-likeness (QED) is 0.801. The second-order valence-electron chi connectivity index (χ2n) is 5.69. The van der Waals surface area contributed by atoms with Crippen LogP contribution in [0.15, 0.2) is 24.3 Å². The van der Waals surface area contributed by atoms with Crippen LogP contribution < -0.4 is 10.2 Å². The van der Waals surface area contributed by atoms with E-state index in [1.54, 1.807) is 0 Å². The van der Waals surface area contributed by atoms with Crippen molar-refractivity contribution in [1.29, 1.82) is 0 Å². The molecule has 2 heteroatoms. The molecular weight excluding hydrogens is 220 g/mol. The average molecular weight is 246 g/mol. The second-order valence-corrected chi connectivity index (χ2v) is 5.69. The van der Waals surface area contributed by atoms with E-state index >= 15 is 0 Å². The lowest BCUT2D eigenvalue weighted by molar-refractivity contribution is 0.625. The van der Waals surface area contributed by atoms with Gasteiger partial charge in [0.05, 0.1) is 0 Å². The number of nitrogens with one attached hydrogen (secondary N) is 1. The first kappa shape index (κ1) is 13.4. The van der Waals surface area contributed by atoms with E-state index in [2.05, 4.69) is 55.3 Å². The fraction of sp³-hybridized carbons (Fsp3) is 0.625. The molecule has 0 bridgehead atoms. The van der Waals surface area contributed by atoms with Crippen LogP contribution in [0.1, 0.15) is 39.2 Å². The maximum atomic E-state index is 3.44. The Morgan fingerprint density at radius 1 is 1.22 bits per heavy atom. The van der Waals surface area contributed by atoms with E-state index in [4.69, 9.17) is 0 Å². The van der Waals surface area contributed by atoms with Crippen LogP contribution in [0.5, 0.6) is 0 Å². The van der Waals surface area contributed by atoms with Crippen LogP contribution in [0.2, 0.25) is 0 Å². The van der Waals surface area contributed by atoms with Crippen molar-refractivity contribution in [2.24, 2.45) is 5.92 Å². The van der Waals surface area contributed by atoms with Crippen LogP contribution in [0, 0.1) is 5.92 Å². The van der Waals surface area contributed by atoms with E-state index in [9.17, 15) is 0 Å². The maximum absolute atomic E-state index is 3.44. The Labute approximate surface area is 111 Å². The molecule has 0 spiro atoms. The Hall–Kier alpha value is -1.02. The van der Waals surface area contributed by atoms with Crippen molar-refractivity contribution in [2.75, 3.05) is 18.0 Å². The second kappa shape index (κ2) is 6.24. The van der Waals surface area contributed by atoms with Gasteiger partial charge in [-0.15, -0.1) is 0 Å². The summed E-state index contributed by atoms with van der Waals surface area (Å²) in [5.74, 6) is 0.825. The van der Waals surface area contributed by atoms with Gasteiger partial charge in [-0.2, -0.15) is 0 Å². The minimum absolute atomic E-state index is 0.684. The highest BCUT2D eigenvalue weighted by atomic mass is 15.2. The highest BCUT2D eigenvalue weighted by Gasteiger charge is 2.25. The number of hydrogen-bond donors (Lipinski definition) is 1. The Kier molecular flexibility index (Phi) is 4.65. The van der Waals surface area contributed by atoms with E-state index in [1.807, 2.05) is 0 Å². The first-order valence-electron chi connectivity index (χ1n) is 7.27. The summed E-state index contributed by atoms with van der Waals surface area (Å²) in [5.41, 5.74) is 2.76. The van der Waals surface area contributed by atoms with Crippen molar-refractivity contribution in [3.63, 3.8) is 0 Å². The van der Waals surface area contributed by atoms with Gasteiger partial charge in [0, 0.05) is 24.8 Å². The lowest BCUT2D eigenvalue weighted by atomic mass is 10.1. The van der Waals surface area contributed by atoms with Crippen molar-refractivity contribution in [2.45, 2.75) is 46.2 Å². The lowest BCUT2D eigenvalue weighted by Crippen LogP contribution is -2.26. The standard InChI is InChI=1S/C16H26N2/c1-4-9-17-11-15-5-7-16(8-6-15)18-12-13(2)10-14(18)3/h5-8,13-14,17H,4,9-12H2,1-3H3. The van der Waals surface area contributed by atoms with Crippen LogP contribution >= 0.6 is 0 Å². The molecule has 2 unspecified atom stereocenters. The molecule has 1 aromatic rings. The molecule has 0 radical (unpaired) electrons. The lowest BCUT2D eigenvalue weighted by Gasteiger charge is -2.24. The third-order valence-electron chi connectivity index (χ3n) is 3.81. The number of benzene rings is 1. The van der Waals surface area contributed by atoms with Gasteiger partial charge in [-0.3, -0.25) is 0 Å². The summed E-state index contributed by atoms with van der Waals surface area (Å²) in [6.45, 7) is 10.2. The van der Waals surface area contributed by atoms with Crippen molar-refractivity contribution in [3.8, 4) is 0 Å².